The minimum atomic E-state index is -5.28. The molecule has 1 unspecified atom stereocenters. The Hall–Kier alpha value is -4.29. The lowest BCUT2D eigenvalue weighted by atomic mass is 10.0. The van der Waals surface area contributed by atoms with Crippen LogP contribution in [-0.4, -0.2) is 44.4 Å². The van der Waals surface area contributed by atoms with Crippen LogP contribution >= 0.6 is 0 Å². The van der Waals surface area contributed by atoms with Crippen molar-refractivity contribution in [2.45, 2.75) is 26.1 Å². The molecule has 3 aromatic rings. The highest BCUT2D eigenvalue weighted by atomic mass is 19.4. The van der Waals surface area contributed by atoms with Crippen LogP contribution in [0.5, 0.6) is 11.5 Å². The third-order valence-electron chi connectivity index (χ3n) is 5.60. The molecule has 198 valence electrons. The Morgan fingerprint density at radius 3 is 2.24 bits per heavy atom. The first-order chi connectivity index (χ1) is 17.4. The van der Waals surface area contributed by atoms with Gasteiger partial charge in [-0.3, -0.25) is 10.1 Å². The maximum absolute atomic E-state index is 14.0. The second-order valence-electron chi connectivity index (χ2n) is 7.69. The first-order valence-corrected chi connectivity index (χ1v) is 11.0. The lowest BCUT2D eigenvalue weighted by Crippen LogP contribution is -2.29. The highest BCUT2D eigenvalue weighted by Crippen LogP contribution is 2.44. The third kappa shape index (κ3) is 5.60. The molecule has 2 aromatic carbocycles. The summed E-state index contributed by atoms with van der Waals surface area (Å²) < 4.78 is 61.7. The number of ether oxygens (including phenoxy) is 3. The number of carbonyl (C=O) groups excluding carboxylic acids is 1. The molecule has 1 atom stereocenters. The van der Waals surface area contributed by atoms with Crippen LogP contribution in [0.4, 0.5) is 24.5 Å². The number of fused-ring (bicyclic) bond motifs is 1. The van der Waals surface area contributed by atoms with Gasteiger partial charge in [-0.2, -0.15) is 13.2 Å². The van der Waals surface area contributed by atoms with Gasteiger partial charge in [0, 0.05) is 30.2 Å². The smallest absolute Gasteiger partial charge is 0.430 e. The number of hydrogen-bond acceptors (Lipinski definition) is 9. The molecule has 0 saturated carbocycles. The molecule has 0 saturated heterocycles. The van der Waals surface area contributed by atoms with Gasteiger partial charge in [0.1, 0.15) is 11.1 Å². The van der Waals surface area contributed by atoms with Crippen molar-refractivity contribution in [1.82, 2.24) is 0 Å². The molecule has 37 heavy (non-hydrogen) atoms. The number of esters is 1. The maximum atomic E-state index is 14.0. The predicted molar refractivity (Wildman–Crippen MR) is 126 cm³/mol. The zero-order valence-electron chi connectivity index (χ0n) is 20.2. The lowest BCUT2D eigenvalue weighted by Gasteiger charge is -2.22. The Bertz CT molecular complexity index is 1380. The summed E-state index contributed by atoms with van der Waals surface area (Å²) in [7, 11) is 2.26. The molecular weight excluding hydrogens is 501 g/mol. The van der Waals surface area contributed by atoms with Crippen LogP contribution < -0.4 is 20.0 Å². The third-order valence-corrected chi connectivity index (χ3v) is 5.60. The number of hydrogen-bond donors (Lipinski definition) is 0. The van der Waals surface area contributed by atoms with Crippen molar-refractivity contribution in [3.8, 4) is 11.5 Å². The van der Waals surface area contributed by atoms with E-state index < -0.39 is 45.6 Å². The molecule has 0 radical (unpaired) electrons. The van der Waals surface area contributed by atoms with Gasteiger partial charge in [0.25, 0.3) is 5.69 Å². The Labute approximate surface area is 208 Å². The van der Waals surface area contributed by atoms with Crippen molar-refractivity contribution in [2.24, 2.45) is 0 Å². The van der Waals surface area contributed by atoms with Crippen LogP contribution in [0, 0.1) is 10.1 Å². The molecule has 1 heterocycles. The number of nitro groups is 1. The first-order valence-electron chi connectivity index (χ1n) is 11.0. The zero-order chi connectivity index (χ0) is 27.5. The fourth-order valence-corrected chi connectivity index (χ4v) is 3.76. The van der Waals surface area contributed by atoms with Gasteiger partial charge >= 0.3 is 17.8 Å². The quantitative estimate of drug-likeness (QED) is 0.164. The lowest BCUT2D eigenvalue weighted by molar-refractivity contribution is -0.387. The van der Waals surface area contributed by atoms with Crippen molar-refractivity contribution in [3.05, 3.63) is 68.1 Å². The number of methoxy groups -OCH3 is 2. The van der Waals surface area contributed by atoms with Crippen molar-refractivity contribution < 1.29 is 41.5 Å². The summed E-state index contributed by atoms with van der Waals surface area (Å²) in [6.45, 7) is 5.22. The van der Waals surface area contributed by atoms with E-state index in [-0.39, 0.29) is 22.5 Å². The summed E-state index contributed by atoms with van der Waals surface area (Å²) in [5, 5.41) is 11.8. The van der Waals surface area contributed by atoms with E-state index in [1.807, 2.05) is 18.7 Å². The highest BCUT2D eigenvalue weighted by Gasteiger charge is 2.48. The monoisotopic (exact) mass is 524 g/mol. The molecule has 10 nitrogen and oxygen atoms in total. The second kappa shape index (κ2) is 10.8. The summed E-state index contributed by atoms with van der Waals surface area (Å²) in [5.74, 6) is -2.14. The Morgan fingerprint density at radius 1 is 1.08 bits per heavy atom. The van der Waals surface area contributed by atoms with E-state index in [1.54, 1.807) is 18.2 Å². The van der Waals surface area contributed by atoms with Gasteiger partial charge in [0.05, 0.1) is 30.8 Å². The molecule has 13 heteroatoms. The van der Waals surface area contributed by atoms with Crippen molar-refractivity contribution in [2.75, 3.05) is 32.2 Å². The standard InChI is InChI=1S/C24H23F3N2O8/c1-5-28(6-2)14-8-7-13-9-16(22(30)36-18(13)10-14)23(31)37-21(24(25,26)27)15-11-19(34-3)20(35-4)12-17(15)29(32)33/h7-12,21H,5-6H2,1-4H3. The molecule has 0 N–H and O–H groups in total. The Kier molecular flexibility index (Phi) is 7.94. The van der Waals surface area contributed by atoms with E-state index in [1.165, 1.54) is 0 Å². The van der Waals surface area contributed by atoms with Gasteiger partial charge in [-0.25, -0.2) is 9.59 Å². The topological polar surface area (TPSA) is 121 Å². The number of anilines is 1. The van der Waals surface area contributed by atoms with Crippen LogP contribution in [-0.2, 0) is 4.74 Å². The molecule has 0 aliphatic heterocycles. The molecule has 0 bridgehead atoms. The molecule has 3 rings (SSSR count). The summed E-state index contributed by atoms with van der Waals surface area (Å²) in [4.78, 5) is 37.7. The van der Waals surface area contributed by atoms with E-state index in [4.69, 9.17) is 13.9 Å². The molecule has 0 aliphatic rings. The van der Waals surface area contributed by atoms with Gasteiger partial charge in [0.2, 0.25) is 6.10 Å². The number of rotatable bonds is 9. The summed E-state index contributed by atoms with van der Waals surface area (Å²) >= 11 is 0. The normalized spacial score (nSPS) is 12.2. The van der Waals surface area contributed by atoms with Crippen molar-refractivity contribution >= 4 is 28.3 Å². The fraction of sp³-hybridized carbons (Fsp3) is 0.333. The highest BCUT2D eigenvalue weighted by molar-refractivity contribution is 5.93. The fourth-order valence-electron chi connectivity index (χ4n) is 3.76. The minimum Gasteiger partial charge on any atom is -0.493 e. The van der Waals surface area contributed by atoms with Crippen LogP contribution in [0.15, 0.2) is 45.6 Å². The molecule has 0 aliphatic carbocycles. The van der Waals surface area contributed by atoms with Crippen LogP contribution in [0.3, 0.4) is 0 Å². The summed E-state index contributed by atoms with van der Waals surface area (Å²) in [6.07, 6.45) is -8.38. The average Bonchev–Trinajstić information content (AvgIpc) is 2.85. The van der Waals surface area contributed by atoms with Crippen molar-refractivity contribution in [3.63, 3.8) is 0 Å². The van der Waals surface area contributed by atoms with Crippen LogP contribution in [0.25, 0.3) is 11.0 Å². The maximum Gasteiger partial charge on any atom is 0.430 e. The van der Waals surface area contributed by atoms with Crippen LogP contribution in [0.1, 0.15) is 35.9 Å². The molecule has 0 amide bonds. The number of halogens is 3. The van der Waals surface area contributed by atoms with E-state index in [0.717, 1.165) is 32.0 Å². The van der Waals surface area contributed by atoms with E-state index in [2.05, 4.69) is 4.74 Å². The second-order valence-corrected chi connectivity index (χ2v) is 7.69. The molecule has 1 aromatic heterocycles. The number of nitrogens with zero attached hydrogens (tertiary/aromatic N) is 2. The van der Waals surface area contributed by atoms with E-state index in [0.29, 0.717) is 19.2 Å². The molecule has 0 fully saturated rings. The summed E-state index contributed by atoms with van der Waals surface area (Å²) in [6, 6.07) is 7.29. The van der Waals surface area contributed by atoms with Gasteiger partial charge in [-0.15, -0.1) is 0 Å². The van der Waals surface area contributed by atoms with Gasteiger partial charge < -0.3 is 23.5 Å². The molecule has 0 spiro atoms. The Morgan fingerprint density at radius 2 is 1.70 bits per heavy atom. The number of benzene rings is 2. The van der Waals surface area contributed by atoms with Crippen molar-refractivity contribution in [1.29, 1.82) is 0 Å². The number of carbonyl (C=O) groups is 1. The average molecular weight is 524 g/mol. The van der Waals surface area contributed by atoms with E-state index >= 15 is 0 Å². The van der Waals surface area contributed by atoms with Crippen LogP contribution in [0.2, 0.25) is 0 Å². The first kappa shape index (κ1) is 27.3. The number of alkyl halides is 3. The van der Waals surface area contributed by atoms with Gasteiger partial charge in [0.15, 0.2) is 11.5 Å². The minimum absolute atomic E-state index is 0.119. The van der Waals surface area contributed by atoms with E-state index in [9.17, 15) is 32.9 Å². The Balaban J connectivity index is 2.07. The molecular formula is C24H23F3N2O8. The zero-order valence-corrected chi connectivity index (χ0v) is 20.2. The SMILES string of the molecule is CCN(CC)c1ccc2cc(C(=O)OC(c3cc(OC)c(OC)cc3[N+](=O)[O-])C(F)(F)F)c(=O)oc2c1. The largest absolute Gasteiger partial charge is 0.493 e. The van der Waals surface area contributed by atoms with Gasteiger partial charge in [-0.1, -0.05) is 0 Å². The number of nitro benzene ring substituents is 1. The summed E-state index contributed by atoms with van der Waals surface area (Å²) in [5.41, 5.74) is -3.21. The van der Waals surface area contributed by atoms with Gasteiger partial charge in [-0.05, 0) is 38.1 Å². The predicted octanol–water partition coefficient (Wildman–Crippen LogP) is 5.03.